The maximum Gasteiger partial charge on any atom is 0.343 e. The van der Waals surface area contributed by atoms with Crippen molar-refractivity contribution in [2.75, 3.05) is 30.6 Å². The van der Waals surface area contributed by atoms with E-state index in [1.165, 1.54) is 30.1 Å². The summed E-state index contributed by atoms with van der Waals surface area (Å²) in [6.07, 6.45) is 1.47. The molecule has 4 rings (SSSR count). The lowest BCUT2D eigenvalue weighted by atomic mass is 10.0. The van der Waals surface area contributed by atoms with Crippen molar-refractivity contribution >= 4 is 68.5 Å². The molecule has 1 fully saturated rings. The molecule has 8 nitrogen and oxygen atoms in total. The second-order valence-corrected chi connectivity index (χ2v) is 8.90. The Morgan fingerprint density at radius 2 is 1.43 bits per heavy atom. The van der Waals surface area contributed by atoms with E-state index in [4.69, 9.17) is 21.7 Å². The van der Waals surface area contributed by atoms with Gasteiger partial charge < -0.3 is 14.2 Å². The van der Waals surface area contributed by atoms with Crippen LogP contribution in [0.4, 0.5) is 11.4 Å². The summed E-state index contributed by atoms with van der Waals surface area (Å²) in [5.41, 5.74) is 1.43. The number of nitrogens with zero attached hydrogens (tertiary/aromatic N) is 2. The van der Waals surface area contributed by atoms with Gasteiger partial charge in [-0.1, -0.05) is 52.3 Å². The van der Waals surface area contributed by atoms with Crippen LogP contribution >= 0.6 is 28.1 Å². The number of para-hydroxylation sites is 2. The van der Waals surface area contributed by atoms with Gasteiger partial charge in [0.15, 0.2) is 23.2 Å². The molecule has 1 aliphatic heterocycles. The second-order valence-electron chi connectivity index (χ2n) is 7.68. The fourth-order valence-electron chi connectivity index (χ4n) is 3.62. The van der Waals surface area contributed by atoms with E-state index in [2.05, 4.69) is 20.7 Å². The van der Waals surface area contributed by atoms with Gasteiger partial charge in [0, 0.05) is 4.47 Å². The molecule has 0 bridgehead atoms. The molecule has 3 aromatic rings. The third-order valence-corrected chi connectivity index (χ3v) is 6.49. The fraction of sp³-hybridized carbons (Fsp3) is 0.111. The Hall–Kier alpha value is -4.02. The van der Waals surface area contributed by atoms with Crippen molar-refractivity contribution in [3.8, 4) is 11.5 Å². The number of halogens is 1. The number of hydrogen-bond acceptors (Lipinski definition) is 7. The number of benzene rings is 3. The van der Waals surface area contributed by atoms with Crippen LogP contribution in [-0.2, 0) is 19.1 Å². The number of methoxy groups -OCH3 is 2. The SMILES string of the molecule is COC(=O)COc1cc(Br)c(C=C2C(=O)N(c3ccccc3)C(=S)N(c3ccccc3)C2=O)cc1OC. The van der Waals surface area contributed by atoms with Crippen LogP contribution in [0.5, 0.6) is 11.5 Å². The lowest BCUT2D eigenvalue weighted by molar-refractivity contribution is -0.143. The van der Waals surface area contributed by atoms with Crippen LogP contribution in [-0.4, -0.2) is 43.7 Å². The monoisotopic (exact) mass is 580 g/mol. The van der Waals surface area contributed by atoms with Gasteiger partial charge in [-0.05, 0) is 60.3 Å². The minimum Gasteiger partial charge on any atom is -0.493 e. The third kappa shape index (κ3) is 5.40. The van der Waals surface area contributed by atoms with Gasteiger partial charge in [0.2, 0.25) is 0 Å². The van der Waals surface area contributed by atoms with Crippen molar-refractivity contribution in [3.05, 3.63) is 88.4 Å². The molecule has 0 N–H and O–H groups in total. The molecule has 0 saturated carbocycles. The van der Waals surface area contributed by atoms with Crippen molar-refractivity contribution in [2.45, 2.75) is 0 Å². The molecule has 1 heterocycles. The third-order valence-electron chi connectivity index (χ3n) is 5.43. The molecule has 0 unspecified atom stereocenters. The zero-order valence-electron chi connectivity index (χ0n) is 19.8. The van der Waals surface area contributed by atoms with Gasteiger partial charge in [0.05, 0.1) is 25.6 Å². The smallest absolute Gasteiger partial charge is 0.343 e. The largest absolute Gasteiger partial charge is 0.493 e. The number of esters is 1. The fourth-order valence-corrected chi connectivity index (χ4v) is 4.44. The van der Waals surface area contributed by atoms with Crippen LogP contribution in [0, 0.1) is 0 Å². The average Bonchev–Trinajstić information content (AvgIpc) is 2.91. The Kier molecular flexibility index (Phi) is 8.00. The number of rotatable bonds is 7. The van der Waals surface area contributed by atoms with Gasteiger partial charge in [0.25, 0.3) is 11.8 Å². The molecule has 10 heteroatoms. The van der Waals surface area contributed by atoms with E-state index in [1.807, 2.05) is 12.1 Å². The van der Waals surface area contributed by atoms with Crippen molar-refractivity contribution in [1.82, 2.24) is 0 Å². The Labute approximate surface area is 227 Å². The number of thiocarbonyl (C=S) groups is 1. The van der Waals surface area contributed by atoms with E-state index in [0.717, 1.165) is 0 Å². The maximum absolute atomic E-state index is 13.7. The maximum atomic E-state index is 13.7. The van der Waals surface area contributed by atoms with Gasteiger partial charge in [0.1, 0.15) is 5.57 Å². The zero-order valence-corrected chi connectivity index (χ0v) is 22.2. The minimum atomic E-state index is -0.565. The van der Waals surface area contributed by atoms with Crippen LogP contribution in [0.15, 0.2) is 82.8 Å². The lowest BCUT2D eigenvalue weighted by Crippen LogP contribution is -2.56. The van der Waals surface area contributed by atoms with Crippen LogP contribution < -0.4 is 19.3 Å². The van der Waals surface area contributed by atoms with E-state index in [0.29, 0.717) is 27.2 Å². The molecule has 0 aliphatic carbocycles. The highest BCUT2D eigenvalue weighted by molar-refractivity contribution is 9.10. The Bertz CT molecular complexity index is 1330. The standard InChI is InChI=1S/C27H21BrN2O6S/c1-34-22-14-17(21(28)15-23(22)36-16-24(31)35-2)13-20-25(32)29(18-9-5-3-6-10-18)27(37)30(26(20)33)19-11-7-4-8-12-19/h3-15H,16H2,1-2H3. The number of carbonyl (C=O) groups excluding carboxylic acids is 3. The highest BCUT2D eigenvalue weighted by atomic mass is 79.9. The van der Waals surface area contributed by atoms with Crippen molar-refractivity contribution in [1.29, 1.82) is 0 Å². The van der Waals surface area contributed by atoms with Crippen molar-refractivity contribution < 1.29 is 28.6 Å². The summed E-state index contributed by atoms with van der Waals surface area (Å²) >= 11 is 9.09. The Morgan fingerprint density at radius 3 is 1.92 bits per heavy atom. The number of amides is 2. The molecule has 3 aromatic carbocycles. The summed E-state index contributed by atoms with van der Waals surface area (Å²) in [4.78, 5) is 41.5. The summed E-state index contributed by atoms with van der Waals surface area (Å²) in [7, 11) is 2.70. The molecule has 0 atom stereocenters. The normalized spacial score (nSPS) is 13.5. The first-order chi connectivity index (χ1) is 17.8. The molecule has 0 aromatic heterocycles. The van der Waals surface area contributed by atoms with Gasteiger partial charge in [-0.3, -0.25) is 19.4 Å². The van der Waals surface area contributed by atoms with Crippen LogP contribution in [0.2, 0.25) is 0 Å². The van der Waals surface area contributed by atoms with Crippen LogP contribution in [0.3, 0.4) is 0 Å². The number of hydrogen-bond donors (Lipinski definition) is 0. The lowest BCUT2D eigenvalue weighted by Gasteiger charge is -2.36. The molecule has 0 radical (unpaired) electrons. The zero-order chi connectivity index (χ0) is 26.5. The van der Waals surface area contributed by atoms with Gasteiger partial charge in [-0.15, -0.1) is 0 Å². The number of anilines is 2. The summed E-state index contributed by atoms with van der Waals surface area (Å²) in [5, 5.41) is 0.0488. The molecule has 188 valence electrons. The van der Waals surface area contributed by atoms with Crippen LogP contribution in [0.25, 0.3) is 6.08 Å². The first-order valence-corrected chi connectivity index (χ1v) is 12.2. The number of carbonyl (C=O) groups is 3. The molecule has 37 heavy (non-hydrogen) atoms. The minimum absolute atomic E-state index is 0.0488. The van der Waals surface area contributed by atoms with E-state index in [-0.39, 0.29) is 23.0 Å². The van der Waals surface area contributed by atoms with Crippen molar-refractivity contribution in [2.24, 2.45) is 0 Å². The van der Waals surface area contributed by atoms with E-state index in [9.17, 15) is 14.4 Å². The average molecular weight is 581 g/mol. The predicted molar refractivity (Wildman–Crippen MR) is 147 cm³/mol. The van der Waals surface area contributed by atoms with E-state index in [1.54, 1.807) is 60.7 Å². The first kappa shape index (κ1) is 26.1. The Morgan fingerprint density at radius 1 is 0.892 bits per heavy atom. The van der Waals surface area contributed by atoms with Gasteiger partial charge >= 0.3 is 5.97 Å². The quantitative estimate of drug-likeness (QED) is 0.172. The molecular formula is C27H21BrN2O6S. The van der Waals surface area contributed by atoms with E-state index < -0.39 is 17.8 Å². The predicted octanol–water partition coefficient (Wildman–Crippen LogP) is 4.76. The Balaban J connectivity index is 1.81. The van der Waals surface area contributed by atoms with Crippen LogP contribution in [0.1, 0.15) is 5.56 Å². The summed E-state index contributed by atoms with van der Waals surface area (Å²) in [6.45, 7) is -0.313. The van der Waals surface area contributed by atoms with Gasteiger partial charge in [-0.2, -0.15) is 0 Å². The molecule has 2 amide bonds. The highest BCUT2D eigenvalue weighted by Crippen LogP contribution is 2.36. The topological polar surface area (TPSA) is 85.4 Å². The van der Waals surface area contributed by atoms with Gasteiger partial charge in [-0.25, -0.2) is 4.79 Å². The van der Waals surface area contributed by atoms with E-state index >= 15 is 0 Å². The summed E-state index contributed by atoms with van der Waals surface area (Å²) < 4.78 is 16.0. The molecular weight excluding hydrogens is 560 g/mol. The second kappa shape index (κ2) is 11.4. The highest BCUT2D eigenvalue weighted by Gasteiger charge is 2.41. The molecule has 0 spiro atoms. The van der Waals surface area contributed by atoms with Crippen molar-refractivity contribution in [3.63, 3.8) is 0 Å². The summed E-state index contributed by atoms with van der Waals surface area (Å²) in [5.74, 6) is -1.11. The first-order valence-electron chi connectivity index (χ1n) is 11.0. The summed E-state index contributed by atoms with van der Waals surface area (Å²) in [6, 6.07) is 20.9. The number of ether oxygens (including phenoxy) is 3. The molecule has 1 aliphatic rings. The molecule has 1 saturated heterocycles.